The monoisotopic (exact) mass is 303 g/mol. The van der Waals surface area contributed by atoms with E-state index >= 15 is 0 Å². The third kappa shape index (κ3) is 3.63. The zero-order valence-corrected chi connectivity index (χ0v) is 12.8. The molecule has 0 saturated heterocycles. The Balaban J connectivity index is 2.31. The first-order valence-electron chi connectivity index (χ1n) is 6.76. The highest BCUT2D eigenvalue weighted by Gasteiger charge is 2.28. The van der Waals surface area contributed by atoms with E-state index in [0.717, 1.165) is 11.1 Å². The molecule has 21 heavy (non-hydrogen) atoms. The number of hydrogen-bond acceptors (Lipinski definition) is 2. The van der Waals surface area contributed by atoms with Crippen molar-refractivity contribution in [2.45, 2.75) is 19.0 Å². The Labute approximate surface area is 129 Å². The largest absolute Gasteiger partial charge is 0.480 e. The van der Waals surface area contributed by atoms with Gasteiger partial charge in [-0.25, -0.2) is 0 Å². The number of nitrogens with zero attached hydrogens (tertiary/aromatic N) is 1. The van der Waals surface area contributed by atoms with E-state index in [-0.39, 0.29) is 6.04 Å². The van der Waals surface area contributed by atoms with Crippen LogP contribution in [0.2, 0.25) is 5.02 Å². The molecule has 0 aliphatic heterocycles. The van der Waals surface area contributed by atoms with Gasteiger partial charge in [-0.15, -0.1) is 0 Å². The molecule has 1 N–H and O–H groups in total. The number of halogens is 1. The molecule has 4 heteroatoms. The van der Waals surface area contributed by atoms with Crippen molar-refractivity contribution in [3.63, 3.8) is 0 Å². The van der Waals surface area contributed by atoms with Crippen LogP contribution in [0.5, 0.6) is 0 Å². The van der Waals surface area contributed by atoms with Crippen LogP contribution >= 0.6 is 11.6 Å². The smallest absolute Gasteiger partial charge is 0.325 e. The van der Waals surface area contributed by atoms with Crippen molar-refractivity contribution in [2.75, 3.05) is 7.05 Å². The molecule has 2 aromatic carbocycles. The van der Waals surface area contributed by atoms with Gasteiger partial charge in [0.1, 0.15) is 6.04 Å². The van der Waals surface area contributed by atoms with Crippen molar-refractivity contribution >= 4 is 17.6 Å². The lowest BCUT2D eigenvalue weighted by atomic mass is 10.0. The maximum Gasteiger partial charge on any atom is 0.325 e. The second kappa shape index (κ2) is 6.74. The minimum absolute atomic E-state index is 0.0648. The standard InChI is InChI=1S/C17H18ClNO2/c1-12(14-9-6-10-15(18)11-14)19(2)16(17(20)21)13-7-4-3-5-8-13/h3-12,16H,1-2H3,(H,20,21). The Morgan fingerprint density at radius 2 is 1.71 bits per heavy atom. The first-order valence-corrected chi connectivity index (χ1v) is 7.13. The molecule has 0 bridgehead atoms. The quantitative estimate of drug-likeness (QED) is 0.901. The molecule has 2 atom stereocenters. The Morgan fingerprint density at radius 3 is 2.29 bits per heavy atom. The maximum atomic E-state index is 11.7. The van der Waals surface area contributed by atoms with Crippen LogP contribution < -0.4 is 0 Å². The van der Waals surface area contributed by atoms with Gasteiger partial charge in [0.15, 0.2) is 0 Å². The number of hydrogen-bond donors (Lipinski definition) is 1. The number of carbonyl (C=O) groups is 1. The topological polar surface area (TPSA) is 40.5 Å². The summed E-state index contributed by atoms with van der Waals surface area (Å²) in [7, 11) is 1.82. The van der Waals surface area contributed by atoms with Crippen LogP contribution in [0.3, 0.4) is 0 Å². The highest BCUT2D eigenvalue weighted by molar-refractivity contribution is 6.30. The predicted octanol–water partition coefficient (Wildman–Crippen LogP) is 4.16. The van der Waals surface area contributed by atoms with Gasteiger partial charge in [0.25, 0.3) is 0 Å². The van der Waals surface area contributed by atoms with Gasteiger partial charge < -0.3 is 5.11 Å². The number of likely N-dealkylation sites (N-methyl/N-ethyl adjacent to an activating group) is 1. The fourth-order valence-corrected chi connectivity index (χ4v) is 2.61. The van der Waals surface area contributed by atoms with E-state index in [0.29, 0.717) is 5.02 Å². The average Bonchev–Trinajstić information content (AvgIpc) is 2.47. The van der Waals surface area contributed by atoms with E-state index in [1.807, 2.05) is 73.5 Å². The summed E-state index contributed by atoms with van der Waals surface area (Å²) in [5.74, 6) is -0.863. The highest BCUT2D eigenvalue weighted by Crippen LogP contribution is 2.30. The van der Waals surface area contributed by atoms with Crippen LogP contribution in [-0.2, 0) is 4.79 Å². The van der Waals surface area contributed by atoms with Crippen LogP contribution in [0.15, 0.2) is 54.6 Å². The van der Waals surface area contributed by atoms with E-state index < -0.39 is 12.0 Å². The third-order valence-corrected chi connectivity index (χ3v) is 3.93. The zero-order chi connectivity index (χ0) is 15.4. The molecular weight excluding hydrogens is 286 g/mol. The molecule has 0 fully saturated rings. The second-order valence-electron chi connectivity index (χ2n) is 5.05. The van der Waals surface area contributed by atoms with Gasteiger partial charge in [-0.2, -0.15) is 0 Å². The van der Waals surface area contributed by atoms with Gasteiger partial charge >= 0.3 is 5.97 Å². The lowest BCUT2D eigenvalue weighted by molar-refractivity contribution is -0.143. The van der Waals surface area contributed by atoms with Gasteiger partial charge in [0, 0.05) is 11.1 Å². The van der Waals surface area contributed by atoms with Gasteiger partial charge in [0.2, 0.25) is 0 Å². The summed E-state index contributed by atoms with van der Waals surface area (Å²) in [5, 5.41) is 10.2. The van der Waals surface area contributed by atoms with Crippen molar-refractivity contribution in [1.82, 2.24) is 4.90 Å². The van der Waals surface area contributed by atoms with Crippen LogP contribution in [0.25, 0.3) is 0 Å². The summed E-state index contributed by atoms with van der Waals surface area (Å²) in [4.78, 5) is 13.5. The molecule has 0 heterocycles. The summed E-state index contributed by atoms with van der Waals surface area (Å²) < 4.78 is 0. The van der Waals surface area contributed by atoms with Crippen LogP contribution in [-0.4, -0.2) is 23.0 Å². The van der Waals surface area contributed by atoms with Crippen LogP contribution in [0.1, 0.15) is 30.1 Å². The van der Waals surface area contributed by atoms with Gasteiger partial charge in [-0.1, -0.05) is 54.1 Å². The summed E-state index contributed by atoms with van der Waals surface area (Å²) in [6.45, 7) is 1.98. The summed E-state index contributed by atoms with van der Waals surface area (Å²) >= 11 is 6.02. The Morgan fingerprint density at radius 1 is 1.10 bits per heavy atom. The highest BCUT2D eigenvalue weighted by atomic mass is 35.5. The SMILES string of the molecule is CC(c1cccc(Cl)c1)N(C)C(C(=O)O)c1ccccc1. The Hall–Kier alpha value is -1.84. The number of carboxylic acid groups (broad SMARTS) is 1. The molecule has 0 spiro atoms. The minimum Gasteiger partial charge on any atom is -0.480 e. The van der Waals surface area contributed by atoms with Crippen LogP contribution in [0.4, 0.5) is 0 Å². The van der Waals surface area contributed by atoms with Gasteiger partial charge in [-0.05, 0) is 37.2 Å². The summed E-state index contributed by atoms with van der Waals surface area (Å²) in [5.41, 5.74) is 1.76. The molecule has 2 rings (SSSR count). The zero-order valence-electron chi connectivity index (χ0n) is 12.0. The fraction of sp³-hybridized carbons (Fsp3) is 0.235. The number of benzene rings is 2. The summed E-state index contributed by atoms with van der Waals surface area (Å²) in [6.07, 6.45) is 0. The van der Waals surface area contributed by atoms with E-state index in [1.165, 1.54) is 0 Å². The Bertz CT molecular complexity index is 615. The van der Waals surface area contributed by atoms with E-state index in [2.05, 4.69) is 0 Å². The van der Waals surface area contributed by atoms with Crippen molar-refractivity contribution in [3.8, 4) is 0 Å². The van der Waals surface area contributed by atoms with Crippen molar-refractivity contribution in [2.24, 2.45) is 0 Å². The average molecular weight is 304 g/mol. The number of carboxylic acids is 1. The lowest BCUT2D eigenvalue weighted by Crippen LogP contribution is -2.33. The minimum atomic E-state index is -0.863. The molecule has 0 aromatic heterocycles. The van der Waals surface area contributed by atoms with Crippen molar-refractivity contribution < 1.29 is 9.90 Å². The van der Waals surface area contributed by atoms with Crippen molar-refractivity contribution in [3.05, 3.63) is 70.7 Å². The lowest BCUT2D eigenvalue weighted by Gasteiger charge is -2.31. The Kier molecular flexibility index (Phi) is 4.99. The molecule has 0 amide bonds. The molecule has 3 nitrogen and oxygen atoms in total. The van der Waals surface area contributed by atoms with E-state index in [9.17, 15) is 9.90 Å². The molecule has 2 unspecified atom stereocenters. The molecule has 0 aliphatic rings. The molecule has 110 valence electrons. The molecule has 2 aromatic rings. The second-order valence-corrected chi connectivity index (χ2v) is 5.48. The summed E-state index contributed by atoms with van der Waals surface area (Å²) in [6, 6.07) is 16.0. The van der Waals surface area contributed by atoms with Crippen LogP contribution in [0, 0.1) is 0 Å². The molecule has 0 radical (unpaired) electrons. The normalized spacial score (nSPS) is 13.9. The first kappa shape index (κ1) is 15.5. The number of rotatable bonds is 5. The van der Waals surface area contributed by atoms with E-state index in [1.54, 1.807) is 0 Å². The third-order valence-electron chi connectivity index (χ3n) is 3.70. The molecular formula is C17H18ClNO2. The number of aliphatic carboxylic acids is 1. The molecule has 0 aliphatic carbocycles. The maximum absolute atomic E-state index is 11.7. The molecule has 0 saturated carbocycles. The van der Waals surface area contributed by atoms with E-state index in [4.69, 9.17) is 11.6 Å². The van der Waals surface area contributed by atoms with Gasteiger partial charge in [-0.3, -0.25) is 9.69 Å². The predicted molar refractivity (Wildman–Crippen MR) is 84.4 cm³/mol. The fourth-order valence-electron chi connectivity index (χ4n) is 2.41. The van der Waals surface area contributed by atoms with Gasteiger partial charge in [0.05, 0.1) is 0 Å². The van der Waals surface area contributed by atoms with Crippen molar-refractivity contribution in [1.29, 1.82) is 0 Å². The first-order chi connectivity index (χ1) is 10.0.